The minimum Gasteiger partial charge on any atom is -0.395 e. The number of alkyl halides is 3. The summed E-state index contributed by atoms with van der Waals surface area (Å²) in [4.78, 5) is -0.329. The lowest BCUT2D eigenvalue weighted by atomic mass is 10.1. The Morgan fingerprint density at radius 1 is 1.24 bits per heavy atom. The minimum absolute atomic E-state index is 0.171. The molecule has 0 radical (unpaired) electrons. The van der Waals surface area contributed by atoms with Crippen LogP contribution in [0.2, 0.25) is 0 Å². The molecular weight excluding hydrogens is 311 g/mol. The summed E-state index contributed by atoms with van der Waals surface area (Å²) in [6.45, 7) is -1.57. The van der Waals surface area contributed by atoms with Crippen LogP contribution in [0.3, 0.4) is 0 Å². The van der Waals surface area contributed by atoms with Crippen LogP contribution in [0.15, 0.2) is 29.2 Å². The lowest BCUT2D eigenvalue weighted by Crippen LogP contribution is -2.40. The van der Waals surface area contributed by atoms with Crippen LogP contribution < -0.4 is 0 Å². The third-order valence-electron chi connectivity index (χ3n) is 2.71. The second-order valence-corrected chi connectivity index (χ2v) is 6.36. The summed E-state index contributed by atoms with van der Waals surface area (Å²) >= 11 is 0. The Morgan fingerprint density at radius 2 is 1.76 bits per heavy atom. The first-order chi connectivity index (χ1) is 9.58. The zero-order chi connectivity index (χ0) is 16.3. The van der Waals surface area contributed by atoms with Crippen LogP contribution in [0, 0.1) is 0 Å². The van der Waals surface area contributed by atoms with Crippen molar-refractivity contribution in [2.75, 3.05) is 19.7 Å². The third-order valence-corrected chi connectivity index (χ3v) is 4.56. The molecule has 0 fully saturated rings. The van der Waals surface area contributed by atoms with Gasteiger partial charge in [-0.25, -0.2) is 8.42 Å². The predicted octanol–water partition coefficient (Wildman–Crippen LogP) is 1.29. The van der Waals surface area contributed by atoms with Crippen LogP contribution in [0.4, 0.5) is 13.2 Å². The second kappa shape index (κ2) is 6.73. The summed E-state index contributed by atoms with van der Waals surface area (Å²) in [5.41, 5.74) is 0.443. The minimum atomic E-state index is -4.71. The lowest BCUT2D eigenvalue weighted by Gasteiger charge is -2.22. The number of sulfonamides is 1. The van der Waals surface area contributed by atoms with E-state index in [9.17, 15) is 26.7 Å². The summed E-state index contributed by atoms with van der Waals surface area (Å²) in [5.74, 6) is 0. The molecule has 0 saturated carbocycles. The van der Waals surface area contributed by atoms with E-state index >= 15 is 0 Å². The Bertz CT molecular complexity index is 555. The maximum Gasteiger partial charge on any atom is 0.402 e. The van der Waals surface area contributed by atoms with Crippen LogP contribution >= 0.6 is 0 Å². The molecule has 0 saturated heterocycles. The van der Waals surface area contributed by atoms with Crippen LogP contribution in [0.1, 0.15) is 18.6 Å². The first-order valence-electron chi connectivity index (χ1n) is 6.03. The Labute approximate surface area is 120 Å². The third kappa shape index (κ3) is 4.95. The molecule has 0 aliphatic heterocycles. The first kappa shape index (κ1) is 17.9. The van der Waals surface area contributed by atoms with Crippen molar-refractivity contribution < 1.29 is 31.8 Å². The van der Waals surface area contributed by atoms with Crippen molar-refractivity contribution in [2.24, 2.45) is 0 Å². The van der Waals surface area contributed by atoms with E-state index < -0.39 is 42.0 Å². The molecule has 0 aliphatic carbocycles. The average Bonchev–Trinajstić information content (AvgIpc) is 2.36. The Balaban J connectivity index is 3.10. The van der Waals surface area contributed by atoms with E-state index in [2.05, 4.69) is 0 Å². The van der Waals surface area contributed by atoms with Crippen molar-refractivity contribution >= 4 is 10.0 Å². The summed E-state index contributed by atoms with van der Waals surface area (Å²) in [6.07, 6.45) is -5.52. The lowest BCUT2D eigenvalue weighted by molar-refractivity contribution is -0.136. The average molecular weight is 327 g/mol. The Morgan fingerprint density at radius 3 is 2.14 bits per heavy atom. The highest BCUT2D eigenvalue weighted by Crippen LogP contribution is 2.23. The molecule has 5 nitrogen and oxygen atoms in total. The largest absolute Gasteiger partial charge is 0.402 e. The summed E-state index contributed by atoms with van der Waals surface area (Å²) in [5, 5.41) is 18.1. The molecule has 1 aromatic rings. The zero-order valence-corrected chi connectivity index (χ0v) is 12.0. The van der Waals surface area contributed by atoms with E-state index in [-0.39, 0.29) is 9.20 Å². The van der Waals surface area contributed by atoms with Crippen LogP contribution in [0.5, 0.6) is 0 Å². The van der Waals surface area contributed by atoms with Gasteiger partial charge in [-0.05, 0) is 24.6 Å². The standard InChI is InChI=1S/C12H16F3NO4S/c1-9(18)10-2-4-11(5-3-10)21(19,20)16(6-7-17)8-12(13,14)15/h2-5,9,17-18H,6-8H2,1H3. The molecule has 0 amide bonds. The first-order valence-corrected chi connectivity index (χ1v) is 7.47. The normalized spacial score (nSPS) is 14.4. The summed E-state index contributed by atoms with van der Waals surface area (Å²) < 4.78 is 61.7. The Hall–Kier alpha value is -1.16. The van der Waals surface area contributed by atoms with Gasteiger partial charge in [-0.3, -0.25) is 0 Å². The van der Waals surface area contributed by atoms with E-state index in [1.807, 2.05) is 0 Å². The van der Waals surface area contributed by atoms with Crippen LogP contribution in [-0.4, -0.2) is 48.8 Å². The maximum absolute atomic E-state index is 12.4. The van der Waals surface area contributed by atoms with Gasteiger partial charge in [0.05, 0.1) is 17.6 Å². The Kier molecular flexibility index (Phi) is 5.74. The van der Waals surface area contributed by atoms with Crippen molar-refractivity contribution in [3.63, 3.8) is 0 Å². The van der Waals surface area contributed by atoms with Gasteiger partial charge in [0, 0.05) is 6.54 Å². The van der Waals surface area contributed by atoms with Gasteiger partial charge in [0.1, 0.15) is 6.54 Å². The maximum atomic E-state index is 12.4. The topological polar surface area (TPSA) is 77.8 Å². The number of hydrogen-bond acceptors (Lipinski definition) is 4. The van der Waals surface area contributed by atoms with Crippen molar-refractivity contribution in [2.45, 2.75) is 24.1 Å². The van der Waals surface area contributed by atoms with E-state index in [0.29, 0.717) is 5.56 Å². The molecule has 0 bridgehead atoms. The second-order valence-electron chi connectivity index (χ2n) is 4.42. The highest BCUT2D eigenvalue weighted by Gasteiger charge is 2.36. The molecule has 0 aromatic heterocycles. The van der Waals surface area contributed by atoms with Gasteiger partial charge in [-0.1, -0.05) is 12.1 Å². The van der Waals surface area contributed by atoms with E-state index in [1.165, 1.54) is 19.1 Å². The summed E-state index contributed by atoms with van der Waals surface area (Å²) in [6, 6.07) is 4.89. The molecule has 1 aromatic carbocycles. The van der Waals surface area contributed by atoms with E-state index in [4.69, 9.17) is 5.11 Å². The van der Waals surface area contributed by atoms with Gasteiger partial charge >= 0.3 is 6.18 Å². The quantitative estimate of drug-likeness (QED) is 0.825. The molecule has 0 spiro atoms. The highest BCUT2D eigenvalue weighted by molar-refractivity contribution is 7.89. The molecule has 1 rings (SSSR count). The molecule has 0 heterocycles. The number of rotatable bonds is 6. The van der Waals surface area contributed by atoms with Gasteiger partial charge < -0.3 is 10.2 Å². The van der Waals surface area contributed by atoms with Crippen molar-refractivity contribution in [3.05, 3.63) is 29.8 Å². The number of aliphatic hydroxyl groups excluding tert-OH is 2. The number of benzene rings is 1. The molecule has 1 unspecified atom stereocenters. The fraction of sp³-hybridized carbons (Fsp3) is 0.500. The van der Waals surface area contributed by atoms with Crippen molar-refractivity contribution in [1.29, 1.82) is 0 Å². The van der Waals surface area contributed by atoms with E-state index in [0.717, 1.165) is 12.1 Å². The highest BCUT2D eigenvalue weighted by atomic mass is 32.2. The number of hydrogen-bond donors (Lipinski definition) is 2. The van der Waals surface area contributed by atoms with Gasteiger partial charge in [-0.2, -0.15) is 17.5 Å². The monoisotopic (exact) mass is 327 g/mol. The SMILES string of the molecule is CC(O)c1ccc(S(=O)(=O)N(CCO)CC(F)(F)F)cc1. The van der Waals surface area contributed by atoms with Gasteiger partial charge in [0.15, 0.2) is 0 Å². The summed E-state index contributed by atoms with van der Waals surface area (Å²) in [7, 11) is -4.37. The smallest absolute Gasteiger partial charge is 0.395 e. The fourth-order valence-corrected chi connectivity index (χ4v) is 3.08. The molecule has 1 atom stereocenters. The molecule has 120 valence electrons. The van der Waals surface area contributed by atoms with Gasteiger partial charge in [0.2, 0.25) is 10.0 Å². The zero-order valence-electron chi connectivity index (χ0n) is 11.2. The number of nitrogens with zero attached hydrogens (tertiary/aromatic N) is 1. The molecule has 9 heteroatoms. The van der Waals surface area contributed by atoms with Crippen LogP contribution in [0.25, 0.3) is 0 Å². The van der Waals surface area contributed by atoms with Crippen molar-refractivity contribution in [1.82, 2.24) is 4.31 Å². The number of aliphatic hydroxyl groups is 2. The molecular formula is C12H16F3NO4S. The predicted molar refractivity (Wildman–Crippen MR) is 69.0 cm³/mol. The van der Waals surface area contributed by atoms with E-state index in [1.54, 1.807) is 0 Å². The molecule has 2 N–H and O–H groups in total. The molecule has 21 heavy (non-hydrogen) atoms. The van der Waals surface area contributed by atoms with Gasteiger partial charge in [0.25, 0.3) is 0 Å². The molecule has 0 aliphatic rings. The fourth-order valence-electron chi connectivity index (χ4n) is 1.66. The van der Waals surface area contributed by atoms with Crippen LogP contribution in [-0.2, 0) is 10.0 Å². The van der Waals surface area contributed by atoms with Gasteiger partial charge in [-0.15, -0.1) is 0 Å². The van der Waals surface area contributed by atoms with Crippen molar-refractivity contribution in [3.8, 4) is 0 Å². The number of halogens is 3.